The first kappa shape index (κ1) is 18.4. The van der Waals surface area contributed by atoms with Crippen LogP contribution >= 0.6 is 15.9 Å². The number of piperidine rings is 1. The normalized spacial score (nSPS) is 17.6. The van der Waals surface area contributed by atoms with E-state index in [1.54, 1.807) is 40.2 Å². The molecule has 2 aromatic rings. The van der Waals surface area contributed by atoms with Gasteiger partial charge in [-0.1, -0.05) is 6.42 Å². The molecule has 0 saturated carbocycles. The van der Waals surface area contributed by atoms with E-state index in [2.05, 4.69) is 15.9 Å². The van der Waals surface area contributed by atoms with Gasteiger partial charge in [0.2, 0.25) is 10.0 Å². The standard InChI is InChI=1S/C17H21BrN2O4S/c1-12(17(21)24-2)20-11-15(18)14-10-13(6-7-16(14)20)25(22,23)19-8-4-3-5-9-19/h6-7,10-12H,3-5,8-9H2,1-2H3. The number of esters is 1. The monoisotopic (exact) mass is 428 g/mol. The van der Waals surface area contributed by atoms with Crippen LogP contribution in [-0.4, -0.2) is 43.5 Å². The highest BCUT2D eigenvalue weighted by Crippen LogP contribution is 2.32. The van der Waals surface area contributed by atoms with E-state index in [4.69, 9.17) is 4.74 Å². The molecule has 3 rings (SSSR count). The topological polar surface area (TPSA) is 68.6 Å². The van der Waals surface area contributed by atoms with Crippen molar-refractivity contribution in [1.29, 1.82) is 0 Å². The second-order valence-electron chi connectivity index (χ2n) is 6.23. The van der Waals surface area contributed by atoms with Gasteiger partial charge in [-0.3, -0.25) is 0 Å². The molecule has 136 valence electrons. The Bertz CT molecular complexity index is 901. The Morgan fingerprint density at radius 3 is 2.56 bits per heavy atom. The second kappa shape index (κ2) is 7.09. The lowest BCUT2D eigenvalue weighted by Crippen LogP contribution is -2.35. The van der Waals surface area contributed by atoms with Crippen molar-refractivity contribution in [1.82, 2.24) is 8.87 Å². The predicted molar refractivity (Wildman–Crippen MR) is 99.0 cm³/mol. The molecular formula is C17H21BrN2O4S. The van der Waals surface area contributed by atoms with Crippen molar-refractivity contribution in [3.05, 3.63) is 28.9 Å². The summed E-state index contributed by atoms with van der Waals surface area (Å²) in [4.78, 5) is 12.1. The lowest BCUT2D eigenvalue weighted by molar-refractivity contribution is -0.143. The molecule has 0 aliphatic carbocycles. The van der Waals surface area contributed by atoms with Gasteiger partial charge in [-0.15, -0.1) is 0 Å². The molecule has 1 fully saturated rings. The molecule has 0 amide bonds. The number of fused-ring (bicyclic) bond motifs is 1. The third-order valence-corrected chi connectivity index (χ3v) is 7.19. The number of rotatable bonds is 4. The number of sulfonamides is 1. The number of carbonyl (C=O) groups excluding carboxylic acids is 1. The van der Waals surface area contributed by atoms with Crippen molar-refractivity contribution in [3.63, 3.8) is 0 Å². The molecule has 1 saturated heterocycles. The van der Waals surface area contributed by atoms with Gasteiger partial charge in [-0.05, 0) is 53.9 Å². The van der Waals surface area contributed by atoms with Crippen LogP contribution < -0.4 is 0 Å². The number of methoxy groups -OCH3 is 1. The molecule has 1 unspecified atom stereocenters. The van der Waals surface area contributed by atoms with Crippen LogP contribution in [0.4, 0.5) is 0 Å². The summed E-state index contributed by atoms with van der Waals surface area (Å²) in [5, 5.41) is 0.758. The SMILES string of the molecule is COC(=O)C(C)n1cc(Br)c2cc(S(=O)(=O)N3CCCCC3)ccc21. The number of halogens is 1. The summed E-state index contributed by atoms with van der Waals surface area (Å²) in [5.41, 5.74) is 0.780. The summed E-state index contributed by atoms with van der Waals surface area (Å²) in [6.45, 7) is 2.89. The summed E-state index contributed by atoms with van der Waals surface area (Å²) in [6, 6.07) is 4.53. The number of hydrogen-bond acceptors (Lipinski definition) is 4. The summed E-state index contributed by atoms with van der Waals surface area (Å²) >= 11 is 3.47. The van der Waals surface area contributed by atoms with Crippen molar-refractivity contribution in [2.45, 2.75) is 37.1 Å². The predicted octanol–water partition coefficient (Wildman–Crippen LogP) is 3.31. The van der Waals surface area contributed by atoms with E-state index < -0.39 is 16.1 Å². The van der Waals surface area contributed by atoms with Gasteiger partial charge in [0.25, 0.3) is 0 Å². The van der Waals surface area contributed by atoms with Crippen molar-refractivity contribution in [2.75, 3.05) is 20.2 Å². The van der Waals surface area contributed by atoms with Gasteiger partial charge in [-0.25, -0.2) is 13.2 Å². The van der Waals surface area contributed by atoms with Crippen molar-refractivity contribution < 1.29 is 17.9 Å². The van der Waals surface area contributed by atoms with Gasteiger partial charge in [0.1, 0.15) is 6.04 Å². The van der Waals surface area contributed by atoms with Gasteiger partial charge in [0.15, 0.2) is 0 Å². The van der Waals surface area contributed by atoms with Gasteiger partial charge in [0.05, 0.1) is 17.5 Å². The molecule has 8 heteroatoms. The first-order chi connectivity index (χ1) is 11.9. The Morgan fingerprint density at radius 1 is 1.24 bits per heavy atom. The number of benzene rings is 1. The van der Waals surface area contributed by atoms with Crippen LogP contribution in [0.1, 0.15) is 32.2 Å². The Balaban J connectivity index is 2.04. The maximum Gasteiger partial charge on any atom is 0.328 e. The fourth-order valence-electron chi connectivity index (χ4n) is 3.21. The van der Waals surface area contributed by atoms with E-state index in [9.17, 15) is 13.2 Å². The van der Waals surface area contributed by atoms with Crippen LogP contribution in [0.15, 0.2) is 33.8 Å². The first-order valence-corrected chi connectivity index (χ1v) is 10.5. The van der Waals surface area contributed by atoms with Crippen LogP contribution in [0.5, 0.6) is 0 Å². The summed E-state index contributed by atoms with van der Waals surface area (Å²) in [7, 11) is -2.14. The summed E-state index contributed by atoms with van der Waals surface area (Å²) in [5.74, 6) is -0.352. The number of hydrogen-bond donors (Lipinski definition) is 0. The lowest BCUT2D eigenvalue weighted by atomic mass is 10.2. The van der Waals surface area contributed by atoms with Crippen LogP contribution in [0.3, 0.4) is 0 Å². The zero-order valence-corrected chi connectivity index (χ0v) is 16.6. The molecular weight excluding hydrogens is 408 g/mol. The molecule has 25 heavy (non-hydrogen) atoms. The number of aromatic nitrogens is 1. The van der Waals surface area contributed by atoms with Gasteiger partial charge < -0.3 is 9.30 Å². The quantitative estimate of drug-likeness (QED) is 0.700. The summed E-state index contributed by atoms with van der Waals surface area (Å²) < 4.78 is 34.6. The number of ether oxygens (including phenoxy) is 1. The van der Waals surface area contributed by atoms with E-state index in [1.165, 1.54) is 7.11 Å². The molecule has 1 aromatic carbocycles. The fourth-order valence-corrected chi connectivity index (χ4v) is 5.29. The Labute approximate surface area is 155 Å². The number of nitrogens with zero attached hydrogens (tertiary/aromatic N) is 2. The minimum absolute atomic E-state index is 0.283. The van der Waals surface area contributed by atoms with E-state index in [-0.39, 0.29) is 10.9 Å². The molecule has 0 spiro atoms. The fraction of sp³-hybridized carbons (Fsp3) is 0.471. The molecule has 0 bridgehead atoms. The van der Waals surface area contributed by atoms with Crippen LogP contribution in [-0.2, 0) is 19.6 Å². The minimum atomic E-state index is -3.49. The minimum Gasteiger partial charge on any atom is -0.467 e. The molecule has 2 heterocycles. The first-order valence-electron chi connectivity index (χ1n) is 8.24. The molecule has 1 atom stereocenters. The van der Waals surface area contributed by atoms with Gasteiger partial charge >= 0.3 is 5.97 Å². The third-order valence-electron chi connectivity index (χ3n) is 4.67. The molecule has 1 aliphatic heterocycles. The second-order valence-corrected chi connectivity index (χ2v) is 9.02. The maximum atomic E-state index is 12.9. The average molecular weight is 429 g/mol. The highest BCUT2D eigenvalue weighted by Gasteiger charge is 2.27. The maximum absolute atomic E-state index is 12.9. The zero-order valence-electron chi connectivity index (χ0n) is 14.2. The van der Waals surface area contributed by atoms with E-state index in [1.807, 2.05) is 0 Å². The highest BCUT2D eigenvalue weighted by atomic mass is 79.9. The molecule has 1 aromatic heterocycles. The van der Waals surface area contributed by atoms with Crippen LogP contribution in [0.2, 0.25) is 0 Å². The van der Waals surface area contributed by atoms with Crippen molar-refractivity contribution >= 4 is 42.8 Å². The molecule has 1 aliphatic rings. The lowest BCUT2D eigenvalue weighted by Gasteiger charge is -2.26. The molecule has 0 N–H and O–H groups in total. The average Bonchev–Trinajstić information content (AvgIpc) is 2.97. The van der Waals surface area contributed by atoms with E-state index in [0.29, 0.717) is 13.1 Å². The zero-order chi connectivity index (χ0) is 18.2. The highest BCUT2D eigenvalue weighted by molar-refractivity contribution is 9.10. The Morgan fingerprint density at radius 2 is 1.92 bits per heavy atom. The largest absolute Gasteiger partial charge is 0.467 e. The molecule has 0 radical (unpaired) electrons. The molecule has 6 nitrogen and oxygen atoms in total. The van der Waals surface area contributed by atoms with Crippen LogP contribution in [0, 0.1) is 0 Å². The summed E-state index contributed by atoms with van der Waals surface area (Å²) in [6.07, 6.45) is 4.66. The Hall–Kier alpha value is -1.38. The van der Waals surface area contributed by atoms with Crippen LogP contribution in [0.25, 0.3) is 10.9 Å². The third kappa shape index (κ3) is 3.35. The van der Waals surface area contributed by atoms with Gasteiger partial charge in [0, 0.05) is 29.1 Å². The van der Waals surface area contributed by atoms with Crippen molar-refractivity contribution in [2.24, 2.45) is 0 Å². The Kier molecular flexibility index (Phi) is 5.22. The van der Waals surface area contributed by atoms with E-state index >= 15 is 0 Å². The van der Waals surface area contributed by atoms with Crippen molar-refractivity contribution in [3.8, 4) is 0 Å². The van der Waals surface area contributed by atoms with E-state index in [0.717, 1.165) is 34.6 Å². The number of carbonyl (C=O) groups is 1. The smallest absolute Gasteiger partial charge is 0.328 e. The van der Waals surface area contributed by atoms with Gasteiger partial charge in [-0.2, -0.15) is 4.31 Å².